The molecule has 22 heavy (non-hydrogen) atoms. The van der Waals surface area contributed by atoms with E-state index in [1.165, 1.54) is 17.8 Å². The highest BCUT2D eigenvalue weighted by Gasteiger charge is 2.17. The van der Waals surface area contributed by atoms with Crippen LogP contribution in [0.2, 0.25) is 0 Å². The van der Waals surface area contributed by atoms with E-state index < -0.39 is 27.6 Å². The van der Waals surface area contributed by atoms with Gasteiger partial charge in [-0.2, -0.15) is 0 Å². The van der Waals surface area contributed by atoms with Gasteiger partial charge in [0.15, 0.2) is 0 Å². The highest BCUT2D eigenvalue weighted by molar-refractivity contribution is 7.79. The molecule has 0 bridgehead atoms. The fourth-order valence-electron chi connectivity index (χ4n) is 2.28. The van der Waals surface area contributed by atoms with E-state index in [0.717, 1.165) is 10.1 Å². The van der Waals surface area contributed by atoms with Gasteiger partial charge < -0.3 is 9.12 Å². The molecule has 2 atom stereocenters. The molecule has 0 saturated carbocycles. The summed E-state index contributed by atoms with van der Waals surface area (Å²) in [4.78, 5) is 24.2. The van der Waals surface area contributed by atoms with Crippen LogP contribution in [0.25, 0.3) is 0 Å². The second kappa shape index (κ2) is 6.41. The molecule has 0 aliphatic heterocycles. The highest BCUT2D eigenvalue weighted by Crippen LogP contribution is 2.20. The van der Waals surface area contributed by atoms with Crippen LogP contribution in [-0.2, 0) is 24.7 Å². The molecule has 0 aliphatic carbocycles. The predicted octanol–water partition coefficient (Wildman–Crippen LogP) is 0.784. The van der Waals surface area contributed by atoms with E-state index in [4.69, 9.17) is 0 Å². The van der Waals surface area contributed by atoms with E-state index >= 15 is 0 Å². The number of hydrogen-bond acceptors (Lipinski definition) is 4. The molecular weight excluding hydrogens is 304 g/mol. The zero-order valence-corrected chi connectivity index (χ0v) is 13.4. The summed E-state index contributed by atoms with van der Waals surface area (Å²) in [7, 11) is 1.53. The lowest BCUT2D eigenvalue weighted by Crippen LogP contribution is -2.41. The molecule has 0 aliphatic rings. The third-order valence-electron chi connectivity index (χ3n) is 3.53. The minimum absolute atomic E-state index is 0.202. The van der Waals surface area contributed by atoms with Crippen molar-refractivity contribution in [2.24, 2.45) is 7.05 Å². The second-order valence-electron chi connectivity index (χ2n) is 5.28. The van der Waals surface area contributed by atoms with E-state index in [2.05, 4.69) is 0 Å². The predicted molar refractivity (Wildman–Crippen MR) is 83.5 cm³/mol. The van der Waals surface area contributed by atoms with Crippen LogP contribution in [0.4, 0.5) is 0 Å². The number of rotatable bonds is 4. The Morgan fingerprint density at radius 3 is 2.32 bits per heavy atom. The van der Waals surface area contributed by atoms with E-state index in [0.29, 0.717) is 11.1 Å². The molecule has 1 aromatic heterocycles. The lowest BCUT2D eigenvalue weighted by atomic mass is 10.1. The monoisotopic (exact) mass is 321 g/mol. The quantitative estimate of drug-likeness (QED) is 0.779. The topological polar surface area (TPSA) is 84.1 Å². The van der Waals surface area contributed by atoms with Crippen molar-refractivity contribution in [3.05, 3.63) is 68.0 Å². The van der Waals surface area contributed by atoms with Gasteiger partial charge in [-0.15, -0.1) is 0 Å². The van der Waals surface area contributed by atoms with E-state index in [1.54, 1.807) is 31.2 Å². The molecule has 0 saturated heterocycles. The van der Waals surface area contributed by atoms with Crippen molar-refractivity contribution >= 4 is 11.1 Å². The summed E-state index contributed by atoms with van der Waals surface area (Å²) in [6.07, 6.45) is 1.44. The Morgan fingerprint density at radius 2 is 1.77 bits per heavy atom. The van der Waals surface area contributed by atoms with Crippen molar-refractivity contribution in [3.63, 3.8) is 0 Å². The summed E-state index contributed by atoms with van der Waals surface area (Å²) in [6.45, 7) is 3.29. The fourth-order valence-corrected chi connectivity index (χ4v) is 2.93. The lowest BCUT2D eigenvalue weighted by molar-refractivity contribution is 0.498. The minimum Gasteiger partial charge on any atom is -0.772 e. The molecule has 0 spiro atoms. The fraction of sp³-hybridized carbons (Fsp3) is 0.333. The van der Waals surface area contributed by atoms with Gasteiger partial charge in [0.1, 0.15) is 0 Å². The van der Waals surface area contributed by atoms with Crippen molar-refractivity contribution in [1.29, 1.82) is 0 Å². The molecule has 0 N–H and O–H groups in total. The maximum atomic E-state index is 12.1. The summed E-state index contributed by atoms with van der Waals surface area (Å²) < 4.78 is 25.4. The van der Waals surface area contributed by atoms with E-state index in [-0.39, 0.29) is 6.54 Å². The van der Waals surface area contributed by atoms with Gasteiger partial charge in [-0.1, -0.05) is 29.8 Å². The molecule has 6 nitrogen and oxygen atoms in total. The first-order valence-electron chi connectivity index (χ1n) is 6.73. The van der Waals surface area contributed by atoms with Crippen molar-refractivity contribution < 1.29 is 8.76 Å². The summed E-state index contributed by atoms with van der Waals surface area (Å²) in [5.74, 6) is 0. The maximum Gasteiger partial charge on any atom is 0.330 e. The lowest BCUT2D eigenvalue weighted by Gasteiger charge is -2.21. The second-order valence-corrected chi connectivity index (χ2v) is 6.37. The van der Waals surface area contributed by atoms with Gasteiger partial charge in [0.05, 0.1) is 5.25 Å². The standard InChI is InChI=1S/C15H18N2O4S/c1-10-4-6-12(7-5-10)13(22(20)21)9-17-14(18)11(2)8-16(3)15(17)19/h4-8,13H,9H2,1-3H3,(H,20,21)/p-1. The van der Waals surface area contributed by atoms with Gasteiger partial charge in [0, 0.05) is 25.4 Å². The average Bonchev–Trinajstić information content (AvgIpc) is 2.46. The Morgan fingerprint density at radius 1 is 1.18 bits per heavy atom. The first-order valence-corrected chi connectivity index (χ1v) is 7.86. The molecule has 1 aromatic carbocycles. The van der Waals surface area contributed by atoms with Crippen LogP contribution in [0.5, 0.6) is 0 Å². The number of benzene rings is 1. The first-order chi connectivity index (χ1) is 10.3. The van der Waals surface area contributed by atoms with Gasteiger partial charge in [0.25, 0.3) is 5.56 Å². The van der Waals surface area contributed by atoms with Crippen LogP contribution < -0.4 is 11.2 Å². The zero-order valence-electron chi connectivity index (χ0n) is 12.6. The molecular formula is C15H17N2O4S-. The van der Waals surface area contributed by atoms with Gasteiger partial charge >= 0.3 is 5.69 Å². The average molecular weight is 321 g/mol. The normalized spacial score (nSPS) is 13.8. The molecule has 0 amide bonds. The van der Waals surface area contributed by atoms with Gasteiger partial charge in [-0.3, -0.25) is 13.6 Å². The smallest absolute Gasteiger partial charge is 0.330 e. The largest absolute Gasteiger partial charge is 0.772 e. The van der Waals surface area contributed by atoms with Gasteiger partial charge in [0.2, 0.25) is 0 Å². The molecule has 1 heterocycles. The SMILES string of the molecule is Cc1ccc(C(Cn2c(=O)c(C)cn(C)c2=O)S(=O)[O-])cc1. The Bertz CT molecular complexity index is 787. The van der Waals surface area contributed by atoms with Crippen LogP contribution in [0.15, 0.2) is 40.1 Å². The number of hydrogen-bond donors (Lipinski definition) is 0. The molecule has 118 valence electrons. The first kappa shape index (κ1) is 16.4. The third-order valence-corrected chi connectivity index (χ3v) is 4.42. The number of nitrogens with zero attached hydrogens (tertiary/aromatic N) is 2. The van der Waals surface area contributed by atoms with E-state index in [9.17, 15) is 18.4 Å². The maximum absolute atomic E-state index is 12.1. The molecule has 2 rings (SSSR count). The van der Waals surface area contributed by atoms with Gasteiger partial charge in [-0.05, 0) is 30.5 Å². The van der Waals surface area contributed by atoms with Crippen LogP contribution in [0.3, 0.4) is 0 Å². The molecule has 0 fully saturated rings. The molecule has 2 aromatic rings. The minimum atomic E-state index is -2.45. The molecule has 2 unspecified atom stereocenters. The Labute approximate surface area is 130 Å². The number of aryl methyl sites for hydroxylation is 3. The van der Waals surface area contributed by atoms with Crippen LogP contribution in [0, 0.1) is 13.8 Å². The Balaban J connectivity index is 2.50. The van der Waals surface area contributed by atoms with Crippen molar-refractivity contribution in [1.82, 2.24) is 9.13 Å². The van der Waals surface area contributed by atoms with Crippen molar-refractivity contribution in [2.45, 2.75) is 25.6 Å². The number of aromatic nitrogens is 2. The van der Waals surface area contributed by atoms with Crippen LogP contribution >= 0.6 is 0 Å². The van der Waals surface area contributed by atoms with Crippen molar-refractivity contribution in [2.75, 3.05) is 0 Å². The third kappa shape index (κ3) is 3.26. The Kier molecular flexibility index (Phi) is 4.77. The van der Waals surface area contributed by atoms with E-state index in [1.807, 2.05) is 6.92 Å². The van der Waals surface area contributed by atoms with Crippen LogP contribution in [-0.4, -0.2) is 17.9 Å². The highest BCUT2D eigenvalue weighted by atomic mass is 32.2. The van der Waals surface area contributed by atoms with Gasteiger partial charge in [-0.25, -0.2) is 4.79 Å². The Hall–Kier alpha value is -1.99. The summed E-state index contributed by atoms with van der Waals surface area (Å²) >= 11 is -2.45. The summed E-state index contributed by atoms with van der Waals surface area (Å²) in [5.41, 5.74) is 0.947. The molecule has 0 radical (unpaired) electrons. The summed E-state index contributed by atoms with van der Waals surface area (Å²) in [6, 6.07) is 6.99. The van der Waals surface area contributed by atoms with Crippen LogP contribution in [0.1, 0.15) is 21.9 Å². The van der Waals surface area contributed by atoms with Crippen molar-refractivity contribution in [3.8, 4) is 0 Å². The summed E-state index contributed by atoms with van der Waals surface area (Å²) in [5, 5.41) is -0.951. The molecule has 7 heteroatoms. The zero-order chi connectivity index (χ0) is 16.4.